The van der Waals surface area contributed by atoms with Crippen molar-refractivity contribution in [2.75, 3.05) is 0 Å². The normalized spacial score (nSPS) is 11.6. The minimum absolute atomic E-state index is 1.24. The molecule has 0 aromatic heterocycles. The smallest absolute Gasteiger partial charge is 0.00201 e. The van der Waals surface area contributed by atoms with Crippen molar-refractivity contribution in [3.63, 3.8) is 0 Å². The third-order valence-corrected chi connectivity index (χ3v) is 10.5. The van der Waals surface area contributed by atoms with Gasteiger partial charge in [0.25, 0.3) is 0 Å². The van der Waals surface area contributed by atoms with Crippen LogP contribution in [0.2, 0.25) is 0 Å². The van der Waals surface area contributed by atoms with Gasteiger partial charge in [-0.2, -0.15) is 0 Å². The van der Waals surface area contributed by atoms with Gasteiger partial charge in [-0.15, -0.1) is 0 Å². The van der Waals surface area contributed by atoms with Gasteiger partial charge in [-0.1, -0.05) is 194 Å². The monoisotopic (exact) mass is 632 g/mol. The molecule has 0 N–H and O–H groups in total. The predicted octanol–water partition coefficient (Wildman–Crippen LogP) is 14.1. The molecule has 0 spiro atoms. The summed E-state index contributed by atoms with van der Waals surface area (Å²) < 4.78 is 0. The van der Waals surface area contributed by atoms with Crippen molar-refractivity contribution >= 4 is 53.9 Å². The molecule has 0 nitrogen and oxygen atoms in total. The minimum atomic E-state index is 1.24. The van der Waals surface area contributed by atoms with Crippen LogP contribution in [0.25, 0.3) is 98.4 Å². The summed E-state index contributed by atoms with van der Waals surface area (Å²) in [7, 11) is 0. The first-order valence-corrected chi connectivity index (χ1v) is 17.4. The standard InChI is InChI=1S/C50H32/c1-4-19-36-33(13-1)16-7-22-39(36)42-25-10-27-44-43(42)26-11-28-45(44)46-31-32-49(41-24-9-18-35-15-3-6-21-38(35)41)50-47(29-12-30-48(46)50)40-23-8-17-34-14-2-5-20-37(34)40/h1-32H. The SMILES string of the molecule is c1ccc2c(-c3cccc4c(-c5ccc(-c6cccc7ccccc67)c6c(-c7cccc8ccccc78)cccc56)cccc34)cccc2c1. The van der Waals surface area contributed by atoms with Gasteiger partial charge in [0.05, 0.1) is 0 Å². The number of rotatable bonds is 4. The van der Waals surface area contributed by atoms with Crippen LogP contribution in [0.5, 0.6) is 0 Å². The van der Waals surface area contributed by atoms with Crippen LogP contribution in [0, 0.1) is 0 Å². The number of benzene rings is 10. The maximum absolute atomic E-state index is 2.36. The van der Waals surface area contributed by atoms with E-state index in [1.165, 1.54) is 98.4 Å². The third kappa shape index (κ3) is 4.46. The molecule has 0 amide bonds. The molecule has 0 saturated heterocycles. The Morgan fingerprint density at radius 1 is 0.160 bits per heavy atom. The second-order valence-corrected chi connectivity index (χ2v) is 13.2. The summed E-state index contributed by atoms with van der Waals surface area (Å²) >= 11 is 0. The van der Waals surface area contributed by atoms with Crippen LogP contribution in [0.3, 0.4) is 0 Å². The summed E-state index contributed by atoms with van der Waals surface area (Å²) in [6.45, 7) is 0. The fraction of sp³-hybridized carbons (Fsp3) is 0. The van der Waals surface area contributed by atoms with Crippen LogP contribution in [0.1, 0.15) is 0 Å². The van der Waals surface area contributed by atoms with Crippen LogP contribution in [0.4, 0.5) is 0 Å². The number of fused-ring (bicyclic) bond motifs is 5. The number of hydrogen-bond donors (Lipinski definition) is 0. The van der Waals surface area contributed by atoms with Crippen molar-refractivity contribution in [1.82, 2.24) is 0 Å². The summed E-state index contributed by atoms with van der Waals surface area (Å²) in [4.78, 5) is 0. The molecule has 50 heavy (non-hydrogen) atoms. The Morgan fingerprint density at radius 3 is 0.900 bits per heavy atom. The Hall–Kier alpha value is -6.50. The van der Waals surface area contributed by atoms with Crippen LogP contribution in [-0.4, -0.2) is 0 Å². The molecule has 0 saturated carbocycles. The molecule has 0 unspecified atom stereocenters. The van der Waals surface area contributed by atoms with E-state index in [-0.39, 0.29) is 0 Å². The van der Waals surface area contributed by atoms with E-state index in [1.54, 1.807) is 0 Å². The average molecular weight is 633 g/mol. The highest BCUT2D eigenvalue weighted by Crippen LogP contribution is 2.46. The van der Waals surface area contributed by atoms with Gasteiger partial charge in [0.1, 0.15) is 0 Å². The van der Waals surface area contributed by atoms with Gasteiger partial charge in [0.15, 0.2) is 0 Å². The Balaban J connectivity index is 1.29. The zero-order chi connectivity index (χ0) is 33.0. The van der Waals surface area contributed by atoms with Crippen molar-refractivity contribution in [2.45, 2.75) is 0 Å². The Labute approximate surface area is 291 Å². The molecule has 0 bridgehead atoms. The van der Waals surface area contributed by atoms with Crippen molar-refractivity contribution < 1.29 is 0 Å². The lowest BCUT2D eigenvalue weighted by molar-refractivity contribution is 1.64. The lowest BCUT2D eigenvalue weighted by Crippen LogP contribution is -1.92. The first-order valence-electron chi connectivity index (χ1n) is 17.4. The van der Waals surface area contributed by atoms with Crippen LogP contribution in [-0.2, 0) is 0 Å². The molecule has 0 heterocycles. The fourth-order valence-electron chi connectivity index (χ4n) is 8.25. The van der Waals surface area contributed by atoms with Gasteiger partial charge in [0, 0.05) is 0 Å². The lowest BCUT2D eigenvalue weighted by atomic mass is 9.84. The molecule has 10 aromatic rings. The summed E-state index contributed by atoms with van der Waals surface area (Å²) in [5, 5.41) is 12.6. The second kappa shape index (κ2) is 11.6. The van der Waals surface area contributed by atoms with E-state index >= 15 is 0 Å². The summed E-state index contributed by atoms with van der Waals surface area (Å²) in [5.74, 6) is 0. The van der Waals surface area contributed by atoms with Crippen molar-refractivity contribution in [1.29, 1.82) is 0 Å². The van der Waals surface area contributed by atoms with E-state index in [0.717, 1.165) is 0 Å². The van der Waals surface area contributed by atoms with Crippen molar-refractivity contribution in [3.05, 3.63) is 194 Å². The van der Waals surface area contributed by atoms with Gasteiger partial charge in [-0.3, -0.25) is 0 Å². The molecular formula is C50H32. The topological polar surface area (TPSA) is 0 Å². The maximum Gasteiger partial charge on any atom is -0.00201 e. The summed E-state index contributed by atoms with van der Waals surface area (Å²) in [5.41, 5.74) is 10.0. The largest absolute Gasteiger partial charge is 0.0616 e. The third-order valence-electron chi connectivity index (χ3n) is 10.5. The molecule has 10 aromatic carbocycles. The highest BCUT2D eigenvalue weighted by Gasteiger charge is 2.18. The lowest BCUT2D eigenvalue weighted by Gasteiger charge is -2.19. The van der Waals surface area contributed by atoms with Gasteiger partial charge in [-0.25, -0.2) is 0 Å². The first-order chi connectivity index (χ1) is 24.8. The van der Waals surface area contributed by atoms with Gasteiger partial charge < -0.3 is 0 Å². The molecule has 0 fully saturated rings. The molecule has 0 atom stereocenters. The van der Waals surface area contributed by atoms with E-state index < -0.39 is 0 Å². The molecular weight excluding hydrogens is 601 g/mol. The second-order valence-electron chi connectivity index (χ2n) is 13.2. The van der Waals surface area contributed by atoms with Crippen molar-refractivity contribution in [3.8, 4) is 44.5 Å². The zero-order valence-electron chi connectivity index (χ0n) is 27.5. The van der Waals surface area contributed by atoms with E-state index in [1.807, 2.05) is 0 Å². The van der Waals surface area contributed by atoms with Crippen LogP contribution in [0.15, 0.2) is 194 Å². The van der Waals surface area contributed by atoms with E-state index in [2.05, 4.69) is 194 Å². The van der Waals surface area contributed by atoms with Crippen molar-refractivity contribution in [2.24, 2.45) is 0 Å². The van der Waals surface area contributed by atoms with Gasteiger partial charge in [-0.05, 0) is 98.4 Å². The van der Waals surface area contributed by atoms with E-state index in [4.69, 9.17) is 0 Å². The van der Waals surface area contributed by atoms with Gasteiger partial charge >= 0.3 is 0 Å². The molecule has 0 aliphatic carbocycles. The van der Waals surface area contributed by atoms with E-state index in [9.17, 15) is 0 Å². The fourth-order valence-corrected chi connectivity index (χ4v) is 8.25. The molecule has 10 rings (SSSR count). The zero-order valence-corrected chi connectivity index (χ0v) is 27.5. The quantitative estimate of drug-likeness (QED) is 0.181. The van der Waals surface area contributed by atoms with Gasteiger partial charge in [0.2, 0.25) is 0 Å². The molecule has 0 aliphatic rings. The van der Waals surface area contributed by atoms with Crippen LogP contribution >= 0.6 is 0 Å². The summed E-state index contributed by atoms with van der Waals surface area (Å²) in [6.07, 6.45) is 0. The first kappa shape index (κ1) is 28.5. The Morgan fingerprint density at radius 2 is 0.420 bits per heavy atom. The number of hydrogen-bond acceptors (Lipinski definition) is 0. The Kier molecular flexibility index (Phi) is 6.60. The van der Waals surface area contributed by atoms with Crippen LogP contribution < -0.4 is 0 Å². The molecule has 0 radical (unpaired) electrons. The minimum Gasteiger partial charge on any atom is -0.0616 e. The molecule has 0 heteroatoms. The average Bonchev–Trinajstić information content (AvgIpc) is 3.19. The molecule has 0 aliphatic heterocycles. The summed E-state index contributed by atoms with van der Waals surface area (Å²) in [6, 6.07) is 71.4. The van der Waals surface area contributed by atoms with E-state index in [0.29, 0.717) is 0 Å². The predicted molar refractivity (Wildman–Crippen MR) is 216 cm³/mol. The highest BCUT2D eigenvalue weighted by atomic mass is 14.2. The molecule has 232 valence electrons. The highest BCUT2D eigenvalue weighted by molar-refractivity contribution is 6.19. The maximum atomic E-state index is 2.36. The Bertz CT molecular complexity index is 2830.